The van der Waals surface area contributed by atoms with Crippen molar-refractivity contribution in [2.45, 2.75) is 63.7 Å². The zero-order chi connectivity index (χ0) is 30.5. The Morgan fingerprint density at radius 1 is 0.756 bits per heavy atom. The zero-order valence-electron chi connectivity index (χ0n) is 23.5. The molecule has 0 saturated heterocycles. The molecule has 41 heavy (non-hydrogen) atoms. The van der Waals surface area contributed by atoms with Crippen LogP contribution in [0.25, 0.3) is 0 Å². The number of carbonyl (C=O) groups excluding carboxylic acids is 3. The van der Waals surface area contributed by atoms with Crippen LogP contribution in [0, 0.1) is 5.92 Å². The lowest BCUT2D eigenvalue weighted by Gasteiger charge is -2.26. The molecule has 0 saturated carbocycles. The summed E-state index contributed by atoms with van der Waals surface area (Å²) >= 11 is 1.48. The molecule has 2 aromatic rings. The van der Waals surface area contributed by atoms with E-state index in [1.807, 2.05) is 20.1 Å². The van der Waals surface area contributed by atoms with Crippen LogP contribution in [0.5, 0.6) is 11.5 Å². The molecular weight excluding hydrogens is 548 g/mol. The van der Waals surface area contributed by atoms with Gasteiger partial charge in [-0.2, -0.15) is 11.8 Å². The van der Waals surface area contributed by atoms with Crippen molar-refractivity contribution in [1.82, 2.24) is 16.0 Å². The highest BCUT2D eigenvalue weighted by molar-refractivity contribution is 7.98. The molecule has 8 N–H and O–H groups in total. The van der Waals surface area contributed by atoms with Gasteiger partial charge < -0.3 is 37.0 Å². The maximum Gasteiger partial charge on any atom is 0.326 e. The Morgan fingerprint density at radius 2 is 1.22 bits per heavy atom. The summed E-state index contributed by atoms with van der Waals surface area (Å²) in [4.78, 5) is 51.4. The number of aliphatic carboxylic acids is 1. The second-order valence-corrected chi connectivity index (χ2v) is 11.3. The van der Waals surface area contributed by atoms with Crippen molar-refractivity contribution in [2.75, 3.05) is 12.0 Å². The Labute approximate surface area is 244 Å². The number of nitrogens with two attached hydrogens (primary N) is 1. The van der Waals surface area contributed by atoms with Crippen LogP contribution in [-0.4, -0.2) is 75.2 Å². The second kappa shape index (κ2) is 16.5. The Morgan fingerprint density at radius 3 is 1.71 bits per heavy atom. The van der Waals surface area contributed by atoms with Gasteiger partial charge in [-0.3, -0.25) is 14.4 Å². The van der Waals surface area contributed by atoms with E-state index in [-0.39, 0.29) is 43.1 Å². The molecule has 2 aromatic carbocycles. The Bertz CT molecular complexity index is 1160. The maximum atomic E-state index is 13.4. The average molecular weight is 589 g/mol. The quantitative estimate of drug-likeness (QED) is 0.152. The van der Waals surface area contributed by atoms with Crippen molar-refractivity contribution in [3.05, 3.63) is 59.7 Å². The molecule has 224 valence electrons. The van der Waals surface area contributed by atoms with Crippen LogP contribution < -0.4 is 21.7 Å². The minimum Gasteiger partial charge on any atom is -0.508 e. The Kier molecular flexibility index (Phi) is 13.4. The SMILES string of the molecule is CSCCC(NC(=O)C(N)Cc1ccc(O)cc1)C(=O)NC(Cc1ccc(O)cc1)C(=O)NC(CC(C)C)C(=O)O. The van der Waals surface area contributed by atoms with E-state index in [4.69, 9.17) is 5.73 Å². The van der Waals surface area contributed by atoms with Crippen molar-refractivity contribution in [1.29, 1.82) is 0 Å². The summed E-state index contributed by atoms with van der Waals surface area (Å²) in [5.41, 5.74) is 7.46. The highest BCUT2D eigenvalue weighted by atomic mass is 32.2. The third-order valence-electron chi connectivity index (χ3n) is 6.30. The lowest BCUT2D eigenvalue weighted by molar-refractivity contribution is -0.142. The van der Waals surface area contributed by atoms with Gasteiger partial charge in [0.05, 0.1) is 6.04 Å². The van der Waals surface area contributed by atoms with Gasteiger partial charge in [-0.15, -0.1) is 0 Å². The predicted molar refractivity (Wildman–Crippen MR) is 157 cm³/mol. The van der Waals surface area contributed by atoms with Crippen molar-refractivity contribution in [3.8, 4) is 11.5 Å². The minimum absolute atomic E-state index is 0.00142. The fourth-order valence-corrected chi connectivity index (χ4v) is 4.55. The monoisotopic (exact) mass is 588 g/mol. The zero-order valence-corrected chi connectivity index (χ0v) is 24.3. The van der Waals surface area contributed by atoms with Gasteiger partial charge in [-0.25, -0.2) is 4.79 Å². The lowest BCUT2D eigenvalue weighted by atomic mass is 10.0. The van der Waals surface area contributed by atoms with E-state index in [9.17, 15) is 34.5 Å². The number of thioether (sulfide) groups is 1. The molecule has 0 spiro atoms. The van der Waals surface area contributed by atoms with Gasteiger partial charge in [0.25, 0.3) is 0 Å². The number of benzene rings is 2. The van der Waals surface area contributed by atoms with Gasteiger partial charge in [-0.1, -0.05) is 38.1 Å². The number of hydrogen-bond donors (Lipinski definition) is 7. The molecule has 0 aliphatic rings. The molecule has 0 fully saturated rings. The van der Waals surface area contributed by atoms with Crippen LogP contribution in [-0.2, 0) is 32.0 Å². The molecule has 2 rings (SSSR count). The summed E-state index contributed by atoms with van der Waals surface area (Å²) in [6.07, 6.45) is 2.53. The third kappa shape index (κ3) is 11.7. The molecule has 0 radical (unpaired) electrons. The van der Waals surface area contributed by atoms with Gasteiger partial charge >= 0.3 is 5.97 Å². The minimum atomic E-state index is -1.19. The molecule has 0 aliphatic heterocycles. The van der Waals surface area contributed by atoms with Crippen molar-refractivity contribution < 1.29 is 34.5 Å². The van der Waals surface area contributed by atoms with Gasteiger partial charge in [0, 0.05) is 6.42 Å². The number of nitrogens with one attached hydrogen (secondary N) is 3. The summed E-state index contributed by atoms with van der Waals surface area (Å²) in [6, 6.07) is 8.10. The van der Waals surface area contributed by atoms with E-state index in [1.165, 1.54) is 36.0 Å². The Hall–Kier alpha value is -3.77. The topological polar surface area (TPSA) is 191 Å². The maximum absolute atomic E-state index is 13.4. The predicted octanol–water partition coefficient (Wildman–Crippen LogP) is 1.55. The van der Waals surface area contributed by atoms with Crippen molar-refractivity contribution >= 4 is 35.5 Å². The molecule has 3 amide bonds. The van der Waals surface area contributed by atoms with Crippen LogP contribution >= 0.6 is 11.8 Å². The molecule has 0 bridgehead atoms. The number of hydrogen-bond acceptors (Lipinski definition) is 8. The summed E-state index contributed by atoms with van der Waals surface area (Å²) in [5, 5.41) is 36.6. The fraction of sp³-hybridized carbons (Fsp3) is 0.448. The van der Waals surface area contributed by atoms with Crippen LogP contribution in [0.15, 0.2) is 48.5 Å². The summed E-state index contributed by atoms with van der Waals surface area (Å²) in [7, 11) is 0. The molecule has 4 unspecified atom stereocenters. The molecule has 0 heterocycles. The first kappa shape index (κ1) is 33.4. The van der Waals surface area contributed by atoms with Crippen LogP contribution in [0.2, 0.25) is 0 Å². The van der Waals surface area contributed by atoms with Gasteiger partial charge in [0.1, 0.15) is 29.6 Å². The highest BCUT2D eigenvalue weighted by Crippen LogP contribution is 2.14. The molecule has 0 aromatic heterocycles. The van der Waals surface area contributed by atoms with E-state index in [2.05, 4.69) is 16.0 Å². The molecule has 4 atom stereocenters. The average Bonchev–Trinajstić information content (AvgIpc) is 2.92. The molecule has 11 nitrogen and oxygen atoms in total. The van der Waals surface area contributed by atoms with Crippen LogP contribution in [0.3, 0.4) is 0 Å². The summed E-state index contributed by atoms with van der Waals surface area (Å²) < 4.78 is 0. The van der Waals surface area contributed by atoms with Crippen LogP contribution in [0.4, 0.5) is 0 Å². The van der Waals surface area contributed by atoms with Crippen molar-refractivity contribution in [2.24, 2.45) is 11.7 Å². The highest BCUT2D eigenvalue weighted by Gasteiger charge is 2.30. The number of aromatic hydroxyl groups is 2. The number of rotatable bonds is 16. The first-order chi connectivity index (χ1) is 19.4. The van der Waals surface area contributed by atoms with E-state index >= 15 is 0 Å². The number of phenols is 2. The van der Waals surface area contributed by atoms with E-state index < -0.39 is 47.9 Å². The third-order valence-corrected chi connectivity index (χ3v) is 6.95. The molecule has 12 heteroatoms. The second-order valence-electron chi connectivity index (χ2n) is 10.3. The van der Waals surface area contributed by atoms with Crippen molar-refractivity contribution in [3.63, 3.8) is 0 Å². The number of amides is 3. The van der Waals surface area contributed by atoms with Gasteiger partial charge in [-0.05, 0) is 72.6 Å². The molecular formula is C29H40N4O7S. The largest absolute Gasteiger partial charge is 0.508 e. The van der Waals surface area contributed by atoms with E-state index in [1.54, 1.807) is 24.3 Å². The van der Waals surface area contributed by atoms with Crippen LogP contribution in [0.1, 0.15) is 37.8 Å². The first-order valence-electron chi connectivity index (χ1n) is 13.3. The lowest BCUT2D eigenvalue weighted by Crippen LogP contribution is -2.58. The summed E-state index contributed by atoms with van der Waals surface area (Å²) in [5.74, 6) is -2.38. The molecule has 0 aliphatic carbocycles. The van der Waals surface area contributed by atoms with E-state index in [0.29, 0.717) is 11.3 Å². The first-order valence-corrected chi connectivity index (χ1v) is 14.7. The Balaban J connectivity index is 2.21. The standard InChI is InChI=1S/C29H40N4O7S/c1-17(2)14-25(29(39)40)33-28(38)24(16-19-6-10-21(35)11-7-19)32-27(37)23(12-13-41-3)31-26(36)22(30)15-18-4-8-20(34)9-5-18/h4-11,17,22-25,34-35H,12-16,30H2,1-3H3,(H,31,36)(H,32,37)(H,33,38)(H,39,40). The van der Waals surface area contributed by atoms with E-state index in [0.717, 1.165) is 5.56 Å². The number of phenolic OH excluding ortho intramolecular Hbond substituents is 2. The summed E-state index contributed by atoms with van der Waals surface area (Å²) in [6.45, 7) is 3.67. The fourth-order valence-electron chi connectivity index (χ4n) is 4.08. The number of carbonyl (C=O) groups is 4. The number of carboxylic acids is 1. The number of carboxylic acid groups (broad SMARTS) is 1. The van der Waals surface area contributed by atoms with Gasteiger partial charge in [0.2, 0.25) is 17.7 Å². The smallest absolute Gasteiger partial charge is 0.326 e. The van der Waals surface area contributed by atoms with Gasteiger partial charge in [0.15, 0.2) is 0 Å². The normalized spacial score (nSPS) is 14.0.